The third kappa shape index (κ3) is 62.8. The van der Waals surface area contributed by atoms with Crippen LogP contribution in [0.1, 0.15) is 345 Å². The maximum atomic E-state index is 12.5. The van der Waals surface area contributed by atoms with E-state index in [1.54, 1.807) is 0 Å². The Balaban J connectivity index is -0.000000857. The molecule has 23 nitrogen and oxygen atoms in total. The average molecular weight is 1680 g/mol. The van der Waals surface area contributed by atoms with Crippen molar-refractivity contribution in [2.75, 3.05) is 105 Å². The van der Waals surface area contributed by atoms with Crippen LogP contribution in [0.2, 0.25) is 0 Å². The van der Waals surface area contributed by atoms with Gasteiger partial charge in [-0.3, -0.25) is 57.5 Å². The van der Waals surface area contributed by atoms with Gasteiger partial charge in [-0.05, 0) is 62.7 Å². The molecule has 23 heteroatoms. The topological polar surface area (TPSA) is 320 Å². The highest BCUT2D eigenvalue weighted by Gasteiger charge is 2.39. The SMILES string of the molecule is C.C=C(CCNC(=O)CCOCC(COCCC(=O)NCCC(=O)C(C)(C)C)(COCCC(=O)NCCC(=O)C(C)(C)C)CC(C)(C)C)C(C)(C)C.CC(C)(C)CC(COCCC(=O)C(C)(C)C)(COCCC(=O)C(C)(C)C)COCCC(=O)C(C)(C)C.CC(C)(C)NC(CC(=O)CCCC(=O)C(C)(C)C)CC(=O)NCCC(=O)C(C)(C)C. The molecule has 690 valence electrons. The number of nitrogens with one attached hydrogen (secondary N) is 5. The Morgan fingerprint density at radius 1 is 0.271 bits per heavy atom. The zero-order valence-electron chi connectivity index (χ0n) is 80.5. The van der Waals surface area contributed by atoms with Gasteiger partial charge in [0.25, 0.3) is 0 Å². The lowest BCUT2D eigenvalue weighted by Crippen LogP contribution is -2.47. The number of hydrogen-bond donors (Lipinski definition) is 5. The quantitative estimate of drug-likeness (QED) is 0.0279. The molecule has 0 bridgehead atoms. The minimum absolute atomic E-state index is 0. The first-order chi connectivity index (χ1) is 52.8. The largest absolute Gasteiger partial charge is 0.380 e. The molecule has 118 heavy (non-hydrogen) atoms. The van der Waals surface area contributed by atoms with Crippen molar-refractivity contribution in [1.29, 1.82) is 0 Å². The fourth-order valence-corrected chi connectivity index (χ4v) is 12.0. The van der Waals surface area contributed by atoms with Gasteiger partial charge in [0, 0.05) is 170 Å². The van der Waals surface area contributed by atoms with Gasteiger partial charge in [0.1, 0.15) is 46.3 Å². The van der Waals surface area contributed by atoms with Crippen molar-refractivity contribution in [3.05, 3.63) is 12.2 Å². The molecule has 0 saturated heterocycles. The van der Waals surface area contributed by atoms with Crippen LogP contribution in [0, 0.1) is 65.0 Å². The summed E-state index contributed by atoms with van der Waals surface area (Å²) in [5.41, 5.74) is -3.30. The highest BCUT2D eigenvalue weighted by atomic mass is 16.5. The smallest absolute Gasteiger partial charge is 0.222 e. The number of ketones is 8. The van der Waals surface area contributed by atoms with E-state index in [2.05, 4.69) is 95.5 Å². The average Bonchev–Trinajstić information content (AvgIpc) is 0.838. The monoisotopic (exact) mass is 1680 g/mol. The van der Waals surface area contributed by atoms with E-state index < -0.39 is 43.3 Å². The zero-order chi connectivity index (χ0) is 91.7. The van der Waals surface area contributed by atoms with Crippen LogP contribution in [0.4, 0.5) is 0 Å². The van der Waals surface area contributed by atoms with Gasteiger partial charge in [-0.1, -0.05) is 227 Å². The summed E-state index contributed by atoms with van der Waals surface area (Å²) in [6.07, 6.45) is 6.23. The molecule has 1 atom stereocenters. The molecule has 0 radical (unpaired) electrons. The molecule has 0 aromatic rings. The van der Waals surface area contributed by atoms with Gasteiger partial charge in [-0.15, -0.1) is 0 Å². The fraction of sp³-hybridized carbons (Fsp3) is 0.853. The van der Waals surface area contributed by atoms with E-state index in [9.17, 15) is 57.5 Å². The summed E-state index contributed by atoms with van der Waals surface area (Å²) in [6, 6.07) is -0.283. The summed E-state index contributed by atoms with van der Waals surface area (Å²) in [6.45, 7) is 73.7. The Hall–Kier alpha value is -5.30. The van der Waals surface area contributed by atoms with E-state index >= 15 is 0 Å². The van der Waals surface area contributed by atoms with Crippen LogP contribution in [0.3, 0.4) is 0 Å². The molecule has 0 fully saturated rings. The lowest BCUT2D eigenvalue weighted by molar-refractivity contribution is -0.131. The van der Waals surface area contributed by atoms with Crippen molar-refractivity contribution >= 4 is 69.9 Å². The number of hydrogen-bond acceptors (Lipinski definition) is 19. The van der Waals surface area contributed by atoms with Gasteiger partial charge in [-0.25, -0.2) is 0 Å². The Kier molecular flexibility index (Phi) is 54.8. The zero-order valence-corrected chi connectivity index (χ0v) is 80.5. The lowest BCUT2D eigenvalue weighted by Gasteiger charge is -2.38. The minimum atomic E-state index is -0.621. The summed E-state index contributed by atoms with van der Waals surface area (Å²) in [4.78, 5) is 148. The maximum Gasteiger partial charge on any atom is 0.222 e. The van der Waals surface area contributed by atoms with Crippen molar-refractivity contribution in [3.8, 4) is 0 Å². The Labute approximate surface area is 718 Å². The van der Waals surface area contributed by atoms with Crippen LogP contribution < -0.4 is 26.6 Å². The third-order valence-corrected chi connectivity index (χ3v) is 19.2. The number of rotatable bonds is 53. The van der Waals surface area contributed by atoms with Crippen molar-refractivity contribution in [1.82, 2.24) is 26.6 Å². The fourth-order valence-electron chi connectivity index (χ4n) is 12.0. The first-order valence-electron chi connectivity index (χ1n) is 43.0. The predicted octanol–water partition coefficient (Wildman–Crippen LogP) is 17.1. The van der Waals surface area contributed by atoms with Crippen molar-refractivity contribution in [2.45, 2.75) is 357 Å². The van der Waals surface area contributed by atoms with Crippen LogP contribution in [0.15, 0.2) is 12.2 Å². The second kappa shape index (κ2) is 54.3. The first-order valence-corrected chi connectivity index (χ1v) is 43.0. The highest BCUT2D eigenvalue weighted by molar-refractivity contribution is 5.88. The molecular weight excluding hydrogens is 1500 g/mol. The van der Waals surface area contributed by atoms with E-state index in [-0.39, 0.29) is 208 Å². The molecule has 5 N–H and O–H groups in total. The predicted molar refractivity (Wildman–Crippen MR) is 477 cm³/mol. The van der Waals surface area contributed by atoms with Crippen LogP contribution in [-0.2, 0) is 86.0 Å². The normalized spacial score (nSPS) is 13.1. The third-order valence-electron chi connectivity index (χ3n) is 19.2. The summed E-state index contributed by atoms with van der Waals surface area (Å²) in [5, 5.41) is 14.7. The highest BCUT2D eigenvalue weighted by Crippen LogP contribution is 2.38. The molecule has 1 unspecified atom stereocenters. The Morgan fingerprint density at radius 2 is 0.500 bits per heavy atom. The molecule has 0 saturated carbocycles. The van der Waals surface area contributed by atoms with Crippen LogP contribution in [0.25, 0.3) is 0 Å². The summed E-state index contributed by atoms with van der Waals surface area (Å²) in [5.74, 6) is 0.311. The van der Waals surface area contributed by atoms with Crippen molar-refractivity contribution < 1.29 is 86.0 Å². The van der Waals surface area contributed by atoms with E-state index in [4.69, 9.17) is 28.4 Å². The van der Waals surface area contributed by atoms with Crippen LogP contribution in [-0.4, -0.2) is 187 Å². The minimum Gasteiger partial charge on any atom is -0.380 e. The molecule has 0 aliphatic rings. The van der Waals surface area contributed by atoms with Gasteiger partial charge < -0.3 is 55.0 Å². The van der Waals surface area contributed by atoms with E-state index in [0.29, 0.717) is 111 Å². The number of ether oxygens (including phenoxy) is 6. The van der Waals surface area contributed by atoms with Gasteiger partial charge in [-0.2, -0.15) is 0 Å². The second-order valence-corrected chi connectivity index (χ2v) is 44.1. The summed E-state index contributed by atoms with van der Waals surface area (Å²) < 4.78 is 36.4. The molecule has 0 aromatic carbocycles. The first kappa shape index (κ1) is 119. The lowest BCUT2D eigenvalue weighted by atomic mass is 9.75. The number of carbonyl (C=O) groups is 12. The van der Waals surface area contributed by atoms with Gasteiger partial charge >= 0.3 is 0 Å². The molecule has 0 aliphatic heterocycles. The van der Waals surface area contributed by atoms with Gasteiger partial charge in [0.2, 0.25) is 23.6 Å². The van der Waals surface area contributed by atoms with Crippen LogP contribution in [0.5, 0.6) is 0 Å². The van der Waals surface area contributed by atoms with E-state index in [1.165, 1.54) is 0 Å². The number of amides is 4. The van der Waals surface area contributed by atoms with Crippen molar-refractivity contribution in [2.24, 2.45) is 65.0 Å². The Morgan fingerprint density at radius 3 is 0.737 bits per heavy atom. The van der Waals surface area contributed by atoms with E-state index in [1.807, 2.05) is 166 Å². The number of Topliss-reactive ketones (excluding diaryl/α,β-unsaturated/α-hetero) is 8. The van der Waals surface area contributed by atoms with Crippen molar-refractivity contribution in [3.63, 3.8) is 0 Å². The molecular formula is C95H177N5O18. The molecule has 4 amide bonds. The van der Waals surface area contributed by atoms with E-state index in [0.717, 1.165) is 12.0 Å². The van der Waals surface area contributed by atoms with Gasteiger partial charge in [0.15, 0.2) is 0 Å². The molecule has 0 heterocycles. The molecule has 0 rings (SSSR count). The second-order valence-electron chi connectivity index (χ2n) is 44.1. The molecule has 0 aliphatic carbocycles. The summed E-state index contributed by atoms with van der Waals surface area (Å²) >= 11 is 0. The van der Waals surface area contributed by atoms with Gasteiger partial charge in [0.05, 0.1) is 79.3 Å². The number of carbonyl (C=O) groups excluding carboxylic acids is 12. The summed E-state index contributed by atoms with van der Waals surface area (Å²) in [7, 11) is 0. The molecule has 0 spiro atoms. The maximum absolute atomic E-state index is 12.5. The standard InChI is InChI=1S/C40H73N3O8.C30H56O6.C24H44N2O4.CH4/c1-30(37(5,6)7)14-20-41-33(46)17-23-49-27-40(26-36(2,3)4,28-50-24-18-34(47)42-21-15-31(44)38(8,9)10)29-51-25-19-35(48)43-22-16-32(45)39(11,12)13;1-26(2,3)19-30(20-34-16-13-23(31)27(4,5)6,21-35-17-14-24(32)28(7,8)9)22-36-18-15-25(33)29(10,11)12;1-22(2,3)19(28)12-10-11-18(27)15-17(26-24(7,8)9)16-21(30)25-14-13-20(29)23(4,5)6;/h1,14-29H2,2-13H3,(H,41,46)(H,42,47)(H,43,48);13-22H2,1-12H3;17,26H,10-16H2,1-9H3,(H,25,30);1H4. The van der Waals surface area contributed by atoms with Crippen LogP contribution >= 0.6 is 0 Å². The Bertz CT molecular complexity index is 2800. The molecule has 0 aromatic heterocycles.